The van der Waals surface area contributed by atoms with Gasteiger partial charge >= 0.3 is 12.3 Å². The van der Waals surface area contributed by atoms with Crippen molar-refractivity contribution in [2.45, 2.75) is 13.5 Å². The number of rotatable bonds is 4. The number of hydrogen-bond acceptors (Lipinski definition) is 5. The molecule has 0 unspecified atom stereocenters. The van der Waals surface area contributed by atoms with Crippen LogP contribution in [0, 0.1) is 6.92 Å². The summed E-state index contributed by atoms with van der Waals surface area (Å²) in [5.74, 6) is -0.0310. The van der Waals surface area contributed by atoms with E-state index in [2.05, 4.69) is 19.8 Å². The Kier molecular flexibility index (Phi) is 4.50. The topological polar surface area (TPSA) is 79.8 Å². The van der Waals surface area contributed by atoms with Crippen molar-refractivity contribution in [3.05, 3.63) is 65.2 Å². The van der Waals surface area contributed by atoms with E-state index < -0.39 is 6.61 Å². The maximum absolute atomic E-state index is 13.2. The van der Waals surface area contributed by atoms with E-state index in [1.54, 1.807) is 46.5 Å². The Morgan fingerprint density at radius 2 is 1.88 bits per heavy atom. The molecule has 0 saturated carbocycles. The van der Waals surface area contributed by atoms with Crippen molar-refractivity contribution in [2.24, 2.45) is 14.1 Å². The van der Waals surface area contributed by atoms with Gasteiger partial charge in [0.2, 0.25) is 0 Å². The number of aromatic nitrogens is 6. The summed E-state index contributed by atoms with van der Waals surface area (Å²) in [4.78, 5) is 21.7. The van der Waals surface area contributed by atoms with Gasteiger partial charge in [-0.05, 0) is 30.7 Å². The lowest BCUT2D eigenvalue weighted by atomic mass is 10.0. The van der Waals surface area contributed by atoms with E-state index in [1.165, 1.54) is 12.3 Å². The van der Waals surface area contributed by atoms with Gasteiger partial charge in [-0.15, -0.1) is 0 Å². The van der Waals surface area contributed by atoms with Crippen LogP contribution in [0.4, 0.5) is 8.78 Å². The number of fused-ring (bicyclic) bond motifs is 3. The van der Waals surface area contributed by atoms with Gasteiger partial charge in [0.1, 0.15) is 5.75 Å². The highest BCUT2D eigenvalue weighted by Gasteiger charge is 2.19. The summed E-state index contributed by atoms with van der Waals surface area (Å²) >= 11 is 0. The largest absolute Gasteiger partial charge is 0.433 e. The van der Waals surface area contributed by atoms with Crippen molar-refractivity contribution in [2.75, 3.05) is 0 Å². The number of pyridine rings is 2. The van der Waals surface area contributed by atoms with Gasteiger partial charge in [0, 0.05) is 37.4 Å². The van der Waals surface area contributed by atoms with Crippen LogP contribution in [-0.4, -0.2) is 35.5 Å². The SMILES string of the molecule is Cc1nn(C)cc1-n1c(=O)n(C)c2cnc3ccc(-c4cncc(OC(F)F)c4)cc3c21. The number of imidazole rings is 1. The zero-order valence-electron chi connectivity index (χ0n) is 17.5. The number of alkyl halides is 2. The van der Waals surface area contributed by atoms with Crippen LogP contribution in [0.25, 0.3) is 38.8 Å². The van der Waals surface area contributed by atoms with Gasteiger partial charge in [-0.25, -0.2) is 4.79 Å². The lowest BCUT2D eigenvalue weighted by Crippen LogP contribution is -2.21. The molecule has 32 heavy (non-hydrogen) atoms. The van der Waals surface area contributed by atoms with E-state index in [9.17, 15) is 13.6 Å². The maximum Gasteiger partial charge on any atom is 0.387 e. The highest BCUT2D eigenvalue weighted by Crippen LogP contribution is 2.31. The van der Waals surface area contributed by atoms with Crippen LogP contribution >= 0.6 is 0 Å². The van der Waals surface area contributed by atoms with Crippen LogP contribution < -0.4 is 10.4 Å². The van der Waals surface area contributed by atoms with E-state index in [1.807, 2.05) is 25.1 Å². The Morgan fingerprint density at radius 1 is 1.06 bits per heavy atom. The normalized spacial score (nSPS) is 11.7. The number of ether oxygens (including phenoxy) is 1. The molecule has 0 aliphatic rings. The molecule has 4 aromatic heterocycles. The van der Waals surface area contributed by atoms with Crippen LogP contribution in [0.3, 0.4) is 0 Å². The number of nitrogens with zero attached hydrogens (tertiary/aromatic N) is 6. The molecule has 0 bridgehead atoms. The second-order valence-corrected chi connectivity index (χ2v) is 7.46. The molecule has 0 fully saturated rings. The number of halogens is 2. The zero-order chi connectivity index (χ0) is 22.6. The van der Waals surface area contributed by atoms with Crippen LogP contribution in [0.15, 0.2) is 53.8 Å². The van der Waals surface area contributed by atoms with Gasteiger partial charge in [-0.3, -0.25) is 23.8 Å². The smallest absolute Gasteiger partial charge is 0.387 e. The first kappa shape index (κ1) is 19.9. The van der Waals surface area contributed by atoms with Gasteiger partial charge in [0.25, 0.3) is 0 Å². The molecule has 10 heteroatoms. The molecule has 0 aliphatic heterocycles. The summed E-state index contributed by atoms with van der Waals surface area (Å²) in [6, 6.07) is 7.01. The molecule has 8 nitrogen and oxygen atoms in total. The fourth-order valence-corrected chi connectivity index (χ4v) is 3.95. The van der Waals surface area contributed by atoms with Crippen molar-refractivity contribution in [3.8, 4) is 22.6 Å². The predicted octanol–water partition coefficient (Wildman–Crippen LogP) is 3.58. The summed E-state index contributed by atoms with van der Waals surface area (Å²) in [5, 5.41) is 5.11. The second kappa shape index (κ2) is 7.26. The summed E-state index contributed by atoms with van der Waals surface area (Å²) in [7, 11) is 3.49. The van der Waals surface area contributed by atoms with Crippen LogP contribution in [0.5, 0.6) is 5.75 Å². The molecule has 162 valence electrons. The minimum atomic E-state index is -2.94. The maximum atomic E-state index is 13.2. The Labute approximate surface area is 180 Å². The van der Waals surface area contributed by atoms with E-state index in [0.717, 1.165) is 10.9 Å². The van der Waals surface area contributed by atoms with E-state index in [0.29, 0.717) is 33.5 Å². The molecule has 0 atom stereocenters. The van der Waals surface area contributed by atoms with Crippen LogP contribution in [0.1, 0.15) is 5.69 Å². The summed E-state index contributed by atoms with van der Waals surface area (Å²) in [5.41, 5.74) is 4.54. The van der Waals surface area contributed by atoms with Gasteiger partial charge in [0.15, 0.2) is 0 Å². The average molecular weight is 436 g/mol. The van der Waals surface area contributed by atoms with Crippen molar-refractivity contribution in [1.29, 1.82) is 0 Å². The molecule has 0 saturated heterocycles. The number of aryl methyl sites for hydroxylation is 3. The van der Waals surface area contributed by atoms with E-state index in [4.69, 9.17) is 0 Å². The predicted molar refractivity (Wildman–Crippen MR) is 115 cm³/mol. The Balaban J connectivity index is 1.79. The van der Waals surface area contributed by atoms with Gasteiger partial charge in [-0.1, -0.05) is 6.07 Å². The average Bonchev–Trinajstić information content (AvgIpc) is 3.22. The Hall–Kier alpha value is -4.08. The monoisotopic (exact) mass is 436 g/mol. The van der Waals surface area contributed by atoms with E-state index in [-0.39, 0.29) is 11.4 Å². The third-order valence-corrected chi connectivity index (χ3v) is 5.38. The molecule has 0 N–H and O–H groups in total. The molecule has 5 aromatic rings. The highest BCUT2D eigenvalue weighted by atomic mass is 19.3. The van der Waals surface area contributed by atoms with Gasteiger partial charge in [-0.2, -0.15) is 13.9 Å². The van der Waals surface area contributed by atoms with Crippen molar-refractivity contribution >= 4 is 21.9 Å². The minimum Gasteiger partial charge on any atom is -0.433 e. The second-order valence-electron chi connectivity index (χ2n) is 7.46. The van der Waals surface area contributed by atoms with E-state index >= 15 is 0 Å². The number of hydrogen-bond donors (Lipinski definition) is 0. The Bertz CT molecular complexity index is 1550. The summed E-state index contributed by atoms with van der Waals surface area (Å²) in [6.07, 6.45) is 6.26. The van der Waals surface area contributed by atoms with Crippen LogP contribution in [-0.2, 0) is 14.1 Å². The first-order valence-corrected chi connectivity index (χ1v) is 9.74. The first-order chi connectivity index (χ1) is 15.3. The molecule has 0 radical (unpaired) electrons. The Morgan fingerprint density at radius 3 is 2.59 bits per heavy atom. The molecule has 1 aromatic carbocycles. The molecule has 5 rings (SSSR count). The number of benzene rings is 1. The van der Waals surface area contributed by atoms with Crippen LogP contribution in [0.2, 0.25) is 0 Å². The van der Waals surface area contributed by atoms with Crippen molar-refractivity contribution < 1.29 is 13.5 Å². The highest BCUT2D eigenvalue weighted by molar-refractivity contribution is 6.04. The quantitative estimate of drug-likeness (QED) is 0.430. The molecule has 0 aliphatic carbocycles. The fraction of sp³-hybridized carbons (Fsp3) is 0.182. The standard InChI is InChI=1S/C22H18F2N6O2/c1-12-19(11-28(2)27-12)30-20-16-7-13(14-6-15(9-25-8-14)32-21(23)24)4-5-17(16)26-10-18(20)29(3)22(30)31/h4-11,21H,1-3H3. The fourth-order valence-electron chi connectivity index (χ4n) is 3.95. The summed E-state index contributed by atoms with van der Waals surface area (Å²) < 4.78 is 34.5. The van der Waals surface area contributed by atoms with Gasteiger partial charge in [0.05, 0.1) is 40.3 Å². The molecule has 4 heterocycles. The lowest BCUT2D eigenvalue weighted by molar-refractivity contribution is -0.0500. The zero-order valence-corrected chi connectivity index (χ0v) is 17.5. The first-order valence-electron chi connectivity index (χ1n) is 9.74. The molecule has 0 amide bonds. The third-order valence-electron chi connectivity index (χ3n) is 5.38. The molecule has 0 spiro atoms. The van der Waals surface area contributed by atoms with Crippen molar-refractivity contribution in [1.82, 2.24) is 28.9 Å². The third kappa shape index (κ3) is 3.11. The minimum absolute atomic E-state index is 0.0310. The van der Waals surface area contributed by atoms with Crippen molar-refractivity contribution in [3.63, 3.8) is 0 Å². The summed E-state index contributed by atoms with van der Waals surface area (Å²) in [6.45, 7) is -1.09. The molecular weight excluding hydrogens is 418 g/mol. The molecular formula is C22H18F2N6O2. The van der Waals surface area contributed by atoms with Gasteiger partial charge < -0.3 is 4.74 Å². The lowest BCUT2D eigenvalue weighted by Gasteiger charge is -2.09.